The summed E-state index contributed by atoms with van der Waals surface area (Å²) in [4.78, 5) is 11.1. The maximum atomic E-state index is 11.1. The van der Waals surface area contributed by atoms with Crippen molar-refractivity contribution in [3.8, 4) is 0 Å². The summed E-state index contributed by atoms with van der Waals surface area (Å²) in [6, 6.07) is -0.852. The summed E-state index contributed by atoms with van der Waals surface area (Å²) in [5.74, 6) is -0.131. The third kappa shape index (κ3) is 1.39. The lowest BCUT2D eigenvalue weighted by molar-refractivity contribution is -0.131. The monoisotopic (exact) mass is 173 g/mol. The van der Waals surface area contributed by atoms with Crippen LogP contribution in [-0.4, -0.2) is 41.7 Å². The molecule has 1 rings (SSSR count). The van der Waals surface area contributed by atoms with E-state index in [2.05, 4.69) is 5.10 Å². The van der Waals surface area contributed by atoms with Gasteiger partial charge in [-0.25, -0.2) is 5.01 Å². The summed E-state index contributed by atoms with van der Waals surface area (Å²) in [5.41, 5.74) is 1.83. The molecule has 0 radical (unpaired) electrons. The van der Waals surface area contributed by atoms with Crippen LogP contribution in [0.5, 0.6) is 0 Å². The Bertz CT molecular complexity index is 216. The number of hydrogen-bond donors (Lipinski definition) is 2. The number of nitrogens with zero attached hydrogens (tertiary/aromatic N) is 2. The quantitative estimate of drug-likeness (QED) is 0.534. The van der Waals surface area contributed by atoms with Gasteiger partial charge in [-0.05, 0) is 6.92 Å². The van der Waals surface area contributed by atoms with Crippen LogP contribution in [0.3, 0.4) is 0 Å². The van der Waals surface area contributed by atoms with Crippen LogP contribution in [0.25, 0.3) is 0 Å². The fraction of sp³-hybridized carbons (Fsp3) is 0.667. The number of amides is 1. The van der Waals surface area contributed by atoms with Gasteiger partial charge in [0, 0.05) is 7.05 Å². The summed E-state index contributed by atoms with van der Waals surface area (Å²) in [6.07, 6.45) is 0. The highest BCUT2D eigenvalue weighted by Gasteiger charge is 2.34. The van der Waals surface area contributed by atoms with E-state index in [0.29, 0.717) is 6.61 Å². The third-order valence-electron chi connectivity index (χ3n) is 1.48. The minimum Gasteiger partial charge on any atom is -0.478 e. The number of carbonyl (C=O) groups is 1. The Morgan fingerprint density at radius 3 is 3.00 bits per heavy atom. The summed E-state index contributed by atoms with van der Waals surface area (Å²) in [7, 11) is 1.50. The molecule has 1 aliphatic rings. The predicted molar refractivity (Wildman–Crippen MR) is 40.5 cm³/mol. The Hall–Kier alpha value is -1.14. The highest BCUT2D eigenvalue weighted by Crippen LogP contribution is 2.06. The smallest absolute Gasteiger partial charge is 0.271 e. The van der Waals surface area contributed by atoms with Crippen LogP contribution in [-0.2, 0) is 9.53 Å². The molecule has 1 heterocycles. The van der Waals surface area contributed by atoms with Gasteiger partial charge >= 0.3 is 0 Å². The van der Waals surface area contributed by atoms with Crippen molar-refractivity contribution < 1.29 is 14.7 Å². The predicted octanol–water partition coefficient (Wildman–Crippen LogP) is -0.844. The van der Waals surface area contributed by atoms with E-state index in [1.54, 1.807) is 6.92 Å². The van der Waals surface area contributed by atoms with E-state index in [0.717, 1.165) is 5.01 Å². The highest BCUT2D eigenvalue weighted by atomic mass is 16.5. The van der Waals surface area contributed by atoms with Gasteiger partial charge in [0.1, 0.15) is 0 Å². The van der Waals surface area contributed by atoms with Gasteiger partial charge < -0.3 is 9.94 Å². The van der Waals surface area contributed by atoms with Crippen molar-refractivity contribution in [3.05, 3.63) is 0 Å². The second-order valence-electron chi connectivity index (χ2n) is 2.30. The maximum Gasteiger partial charge on any atom is 0.271 e. The number of hydrogen-bond acceptors (Lipinski definition) is 5. The molecule has 0 aromatic carbocycles. The van der Waals surface area contributed by atoms with Gasteiger partial charge in [0.2, 0.25) is 5.90 Å². The molecule has 0 saturated heterocycles. The first-order valence-corrected chi connectivity index (χ1v) is 3.59. The topological polar surface area (TPSA) is 74.2 Å². The molecule has 6 nitrogen and oxygen atoms in total. The number of likely N-dealkylation sites (N-methyl/N-ethyl adjacent to an activating group) is 1. The Labute approximate surface area is 69.8 Å². The van der Waals surface area contributed by atoms with Crippen LogP contribution in [0, 0.1) is 0 Å². The van der Waals surface area contributed by atoms with Crippen LogP contribution in [0.1, 0.15) is 6.92 Å². The molecule has 6 heteroatoms. The molecule has 1 unspecified atom stereocenters. The Balaban J connectivity index is 2.71. The Morgan fingerprint density at radius 1 is 1.83 bits per heavy atom. The van der Waals surface area contributed by atoms with Crippen molar-refractivity contribution in [2.45, 2.75) is 13.0 Å². The molecule has 1 aliphatic heterocycles. The molecule has 0 bridgehead atoms. The Kier molecular flexibility index (Phi) is 2.61. The lowest BCUT2D eigenvalue weighted by atomic mass is 10.3. The molecule has 12 heavy (non-hydrogen) atoms. The van der Waals surface area contributed by atoms with Crippen LogP contribution in [0.2, 0.25) is 0 Å². The number of hydrazone groups is 1. The second kappa shape index (κ2) is 3.51. The van der Waals surface area contributed by atoms with Gasteiger partial charge in [0.25, 0.3) is 5.91 Å². The van der Waals surface area contributed by atoms with Crippen molar-refractivity contribution in [1.29, 1.82) is 0 Å². The van der Waals surface area contributed by atoms with Crippen molar-refractivity contribution in [1.82, 2.24) is 10.5 Å². The summed E-state index contributed by atoms with van der Waals surface area (Å²) >= 11 is 0. The molecule has 0 fully saturated rings. The second-order valence-corrected chi connectivity index (χ2v) is 2.30. The number of ether oxygens (including phenoxy) is 1. The van der Waals surface area contributed by atoms with Crippen molar-refractivity contribution in [2.24, 2.45) is 5.10 Å². The number of nitrogens with one attached hydrogen (secondary N) is 1. The lowest BCUT2D eigenvalue weighted by Gasteiger charge is -2.07. The van der Waals surface area contributed by atoms with Crippen molar-refractivity contribution >= 4 is 11.8 Å². The number of hydroxylamine groups is 1. The molecule has 0 saturated carbocycles. The normalized spacial score (nSPS) is 22.9. The molecule has 1 amide bonds. The first kappa shape index (κ1) is 8.95. The van der Waals surface area contributed by atoms with Gasteiger partial charge in [-0.1, -0.05) is 0 Å². The minimum atomic E-state index is -0.852. The zero-order valence-corrected chi connectivity index (χ0v) is 6.94. The van der Waals surface area contributed by atoms with E-state index >= 15 is 0 Å². The number of rotatable bonds is 2. The number of carbonyl (C=O) groups excluding carboxylic acids is 1. The van der Waals surface area contributed by atoms with Crippen LogP contribution in [0.15, 0.2) is 5.10 Å². The van der Waals surface area contributed by atoms with E-state index < -0.39 is 6.04 Å². The van der Waals surface area contributed by atoms with Gasteiger partial charge in [-0.2, -0.15) is 5.48 Å². The lowest BCUT2D eigenvalue weighted by Crippen LogP contribution is -2.41. The van der Waals surface area contributed by atoms with Gasteiger partial charge in [-0.15, -0.1) is 5.10 Å². The standard InChI is InChI=1S/C6H11N3O3/c1-3-12-5-4(8-11)6(10)9(2)7-5/h4,8,11H,3H2,1-2H3. The molecular weight excluding hydrogens is 162 g/mol. The van der Waals surface area contributed by atoms with E-state index in [4.69, 9.17) is 9.94 Å². The third-order valence-corrected chi connectivity index (χ3v) is 1.48. The highest BCUT2D eigenvalue weighted by molar-refractivity contribution is 6.07. The summed E-state index contributed by atoms with van der Waals surface area (Å²) < 4.78 is 5.01. The Morgan fingerprint density at radius 2 is 2.50 bits per heavy atom. The van der Waals surface area contributed by atoms with Gasteiger partial charge in [-0.3, -0.25) is 4.79 Å². The molecule has 0 aromatic rings. The zero-order chi connectivity index (χ0) is 9.14. The molecule has 68 valence electrons. The van der Waals surface area contributed by atoms with E-state index in [9.17, 15) is 4.79 Å². The summed E-state index contributed by atoms with van der Waals surface area (Å²) in [5, 5.41) is 13.5. The average molecular weight is 173 g/mol. The molecule has 2 N–H and O–H groups in total. The van der Waals surface area contributed by atoms with Crippen molar-refractivity contribution in [2.75, 3.05) is 13.7 Å². The van der Waals surface area contributed by atoms with Crippen LogP contribution < -0.4 is 5.48 Å². The largest absolute Gasteiger partial charge is 0.478 e. The fourth-order valence-electron chi connectivity index (χ4n) is 0.918. The van der Waals surface area contributed by atoms with Gasteiger partial charge in [0.05, 0.1) is 6.61 Å². The summed E-state index contributed by atoms with van der Waals surface area (Å²) in [6.45, 7) is 2.19. The fourth-order valence-corrected chi connectivity index (χ4v) is 0.918. The molecule has 0 spiro atoms. The van der Waals surface area contributed by atoms with Crippen molar-refractivity contribution in [3.63, 3.8) is 0 Å². The molecule has 0 aromatic heterocycles. The average Bonchev–Trinajstić information content (AvgIpc) is 2.29. The van der Waals surface area contributed by atoms with E-state index in [1.807, 2.05) is 5.48 Å². The SMILES string of the molecule is CCOC1=NN(C)C(=O)C1NO. The molecule has 1 atom stereocenters. The molecular formula is C6H11N3O3. The molecule has 0 aliphatic carbocycles. The van der Waals surface area contributed by atoms with Gasteiger partial charge in [0.15, 0.2) is 6.04 Å². The van der Waals surface area contributed by atoms with Crippen LogP contribution >= 0.6 is 0 Å². The van der Waals surface area contributed by atoms with E-state index in [-0.39, 0.29) is 11.8 Å². The zero-order valence-electron chi connectivity index (χ0n) is 6.94. The van der Waals surface area contributed by atoms with E-state index in [1.165, 1.54) is 7.05 Å². The first-order chi connectivity index (χ1) is 5.70. The minimum absolute atomic E-state index is 0.201. The maximum absolute atomic E-state index is 11.1. The van der Waals surface area contributed by atoms with Crippen LogP contribution in [0.4, 0.5) is 0 Å². The first-order valence-electron chi connectivity index (χ1n) is 3.59.